The van der Waals surface area contributed by atoms with Crippen molar-refractivity contribution in [1.82, 2.24) is 5.32 Å². The molecule has 0 spiro atoms. The third kappa shape index (κ3) is 1.99. The molecule has 3 aliphatic rings. The van der Waals surface area contributed by atoms with Crippen molar-refractivity contribution < 1.29 is 23.5 Å². The zero-order chi connectivity index (χ0) is 17.0. The Balaban J connectivity index is 1.91. The monoisotopic (exact) mass is 327 g/mol. The number of carbonyl (C=O) groups excluding carboxylic acids is 2. The van der Waals surface area contributed by atoms with Gasteiger partial charge in [-0.2, -0.15) is 0 Å². The van der Waals surface area contributed by atoms with Crippen molar-refractivity contribution >= 4 is 17.5 Å². The smallest absolute Gasteiger partial charge is 0.337 e. The Morgan fingerprint density at radius 1 is 1.17 bits per heavy atom. The number of nitrogens with one attached hydrogen (secondary N) is 1. The zero-order valence-corrected chi connectivity index (χ0v) is 12.9. The van der Waals surface area contributed by atoms with Gasteiger partial charge >= 0.3 is 11.9 Å². The molecule has 5 nitrogen and oxygen atoms in total. The lowest BCUT2D eigenvalue weighted by atomic mass is 9.80. The molecule has 0 fully saturated rings. The van der Waals surface area contributed by atoms with Crippen molar-refractivity contribution in [1.29, 1.82) is 0 Å². The van der Waals surface area contributed by atoms with Crippen molar-refractivity contribution in [2.75, 3.05) is 13.2 Å². The number of rotatable bonds is 2. The summed E-state index contributed by atoms with van der Waals surface area (Å²) in [5, 5.41) is 3.06. The van der Waals surface area contributed by atoms with Crippen LogP contribution in [-0.4, -0.2) is 25.2 Å². The first-order valence-corrected chi connectivity index (χ1v) is 7.50. The summed E-state index contributed by atoms with van der Waals surface area (Å²) in [5.41, 5.74) is 3.57. The molecule has 1 aromatic carbocycles. The molecule has 0 aliphatic carbocycles. The normalized spacial score (nSPS) is 19.8. The molecule has 0 saturated carbocycles. The molecule has 6 heteroatoms. The van der Waals surface area contributed by atoms with E-state index in [1.165, 1.54) is 6.07 Å². The number of allylic oxidation sites excluding steroid dienone is 1. The van der Waals surface area contributed by atoms with E-state index < -0.39 is 23.7 Å². The maximum atomic E-state index is 14.0. The number of hydrogen-bond donors (Lipinski definition) is 1. The first-order chi connectivity index (χ1) is 11.5. The Labute approximate surface area is 137 Å². The SMILES string of the molecule is C=C(C)c1cc(C2C3=C(COC3=O)NC3=C2C(=O)OC3)ccc1F. The number of ether oxygens (including phenoxy) is 2. The van der Waals surface area contributed by atoms with E-state index in [1.54, 1.807) is 19.1 Å². The highest BCUT2D eigenvalue weighted by Gasteiger charge is 2.45. The van der Waals surface area contributed by atoms with Crippen LogP contribution in [0.25, 0.3) is 5.57 Å². The highest BCUT2D eigenvalue weighted by atomic mass is 19.1. The lowest BCUT2D eigenvalue weighted by Crippen LogP contribution is -2.27. The second-order valence-corrected chi connectivity index (χ2v) is 6.01. The summed E-state index contributed by atoms with van der Waals surface area (Å²) in [6.45, 7) is 5.74. The minimum Gasteiger partial charge on any atom is -0.456 e. The van der Waals surface area contributed by atoms with E-state index in [0.717, 1.165) is 0 Å². The van der Waals surface area contributed by atoms with Crippen molar-refractivity contribution in [3.05, 3.63) is 64.3 Å². The van der Waals surface area contributed by atoms with Crippen molar-refractivity contribution in [3.8, 4) is 0 Å². The molecule has 122 valence electrons. The number of esters is 2. The highest BCUT2D eigenvalue weighted by molar-refractivity contribution is 6.02. The molecule has 0 bridgehead atoms. The highest BCUT2D eigenvalue weighted by Crippen LogP contribution is 2.43. The number of benzene rings is 1. The molecule has 3 aliphatic heterocycles. The molecule has 24 heavy (non-hydrogen) atoms. The second kappa shape index (κ2) is 5.06. The molecule has 0 unspecified atom stereocenters. The summed E-state index contributed by atoms with van der Waals surface area (Å²) in [5.74, 6) is -1.98. The van der Waals surface area contributed by atoms with E-state index in [-0.39, 0.29) is 13.2 Å². The molecule has 0 radical (unpaired) electrons. The fraction of sp³-hybridized carbons (Fsp3) is 0.222. The largest absolute Gasteiger partial charge is 0.456 e. The summed E-state index contributed by atoms with van der Waals surface area (Å²) in [6, 6.07) is 4.52. The molecule has 1 aromatic rings. The summed E-state index contributed by atoms with van der Waals surface area (Å²) in [6.07, 6.45) is 0. The van der Waals surface area contributed by atoms with Gasteiger partial charge in [0.25, 0.3) is 0 Å². The van der Waals surface area contributed by atoms with Gasteiger partial charge in [0.1, 0.15) is 19.0 Å². The quantitative estimate of drug-likeness (QED) is 0.844. The number of carbonyl (C=O) groups is 2. The van der Waals surface area contributed by atoms with E-state index in [0.29, 0.717) is 39.2 Å². The summed E-state index contributed by atoms with van der Waals surface area (Å²) in [4.78, 5) is 24.4. The Morgan fingerprint density at radius 3 is 2.29 bits per heavy atom. The lowest BCUT2D eigenvalue weighted by molar-refractivity contribution is -0.136. The molecular formula is C18H14FNO4. The predicted molar refractivity (Wildman–Crippen MR) is 83.0 cm³/mol. The van der Waals surface area contributed by atoms with Gasteiger partial charge in [0.2, 0.25) is 0 Å². The Bertz CT molecular complexity index is 841. The molecular weight excluding hydrogens is 313 g/mol. The van der Waals surface area contributed by atoms with Crippen molar-refractivity contribution in [2.45, 2.75) is 12.8 Å². The van der Waals surface area contributed by atoms with Crippen LogP contribution in [-0.2, 0) is 19.1 Å². The van der Waals surface area contributed by atoms with E-state index in [4.69, 9.17) is 9.47 Å². The molecule has 4 rings (SSSR count). The van der Waals surface area contributed by atoms with Crippen LogP contribution in [0.2, 0.25) is 0 Å². The standard InChI is InChI=1S/C18H14FNO4/c1-8(2)10-5-9(3-4-11(10)19)14-15-12(6-23-17(15)21)20-13-7-24-18(22)16(13)14/h3-5,14,20H,1,6-7H2,2H3. The topological polar surface area (TPSA) is 64.6 Å². The van der Waals surface area contributed by atoms with Crippen LogP contribution in [0.4, 0.5) is 4.39 Å². The van der Waals surface area contributed by atoms with E-state index >= 15 is 0 Å². The van der Waals surface area contributed by atoms with Crippen LogP contribution in [0.1, 0.15) is 24.0 Å². The second-order valence-electron chi connectivity index (χ2n) is 6.01. The van der Waals surface area contributed by atoms with Crippen LogP contribution in [0.15, 0.2) is 47.3 Å². The summed E-state index contributed by atoms with van der Waals surface area (Å²) in [7, 11) is 0. The minimum absolute atomic E-state index is 0.129. The zero-order valence-electron chi connectivity index (χ0n) is 12.9. The first-order valence-electron chi connectivity index (χ1n) is 7.50. The van der Waals surface area contributed by atoms with Crippen LogP contribution in [0.3, 0.4) is 0 Å². The van der Waals surface area contributed by atoms with Crippen LogP contribution >= 0.6 is 0 Å². The lowest BCUT2D eigenvalue weighted by Gasteiger charge is -2.24. The molecule has 0 aromatic heterocycles. The van der Waals surface area contributed by atoms with Crippen LogP contribution in [0.5, 0.6) is 0 Å². The van der Waals surface area contributed by atoms with Gasteiger partial charge in [-0.3, -0.25) is 0 Å². The van der Waals surface area contributed by atoms with Gasteiger partial charge in [0.05, 0.1) is 28.5 Å². The Morgan fingerprint density at radius 2 is 1.75 bits per heavy atom. The maximum Gasteiger partial charge on any atom is 0.337 e. The van der Waals surface area contributed by atoms with E-state index in [2.05, 4.69) is 11.9 Å². The third-order valence-corrected chi connectivity index (χ3v) is 4.45. The first kappa shape index (κ1) is 14.7. The number of cyclic esters (lactones) is 2. The van der Waals surface area contributed by atoms with Gasteiger partial charge in [-0.25, -0.2) is 14.0 Å². The fourth-order valence-corrected chi connectivity index (χ4v) is 3.33. The van der Waals surface area contributed by atoms with Crippen molar-refractivity contribution in [2.24, 2.45) is 0 Å². The van der Waals surface area contributed by atoms with Crippen molar-refractivity contribution in [3.63, 3.8) is 0 Å². The maximum absolute atomic E-state index is 14.0. The van der Waals surface area contributed by atoms with Gasteiger partial charge in [-0.05, 0) is 30.2 Å². The molecule has 1 N–H and O–H groups in total. The average molecular weight is 327 g/mol. The van der Waals surface area contributed by atoms with Gasteiger partial charge in [-0.15, -0.1) is 0 Å². The van der Waals surface area contributed by atoms with Gasteiger partial charge in [0, 0.05) is 5.56 Å². The van der Waals surface area contributed by atoms with E-state index in [9.17, 15) is 14.0 Å². The van der Waals surface area contributed by atoms with Gasteiger partial charge in [-0.1, -0.05) is 12.6 Å². The summed E-state index contributed by atoms with van der Waals surface area (Å²) >= 11 is 0. The average Bonchev–Trinajstić information content (AvgIpc) is 3.10. The van der Waals surface area contributed by atoms with Gasteiger partial charge < -0.3 is 14.8 Å². The van der Waals surface area contributed by atoms with Crippen LogP contribution < -0.4 is 5.32 Å². The molecule has 0 amide bonds. The number of dihydropyridines is 1. The third-order valence-electron chi connectivity index (χ3n) is 4.45. The van der Waals surface area contributed by atoms with Gasteiger partial charge in [0.15, 0.2) is 0 Å². The molecule has 0 atom stereocenters. The minimum atomic E-state index is -0.625. The Hall–Kier alpha value is -2.89. The number of halogens is 1. The summed E-state index contributed by atoms with van der Waals surface area (Å²) < 4.78 is 24.2. The number of hydrogen-bond acceptors (Lipinski definition) is 5. The van der Waals surface area contributed by atoms with E-state index in [1.807, 2.05) is 0 Å². The predicted octanol–water partition coefficient (Wildman–Crippen LogP) is 2.17. The Kier molecular flexibility index (Phi) is 3.09. The molecule has 3 heterocycles. The fourth-order valence-electron chi connectivity index (χ4n) is 3.33. The van der Waals surface area contributed by atoms with Crippen LogP contribution in [0, 0.1) is 5.82 Å². The molecule has 0 saturated heterocycles.